The molecule has 0 saturated carbocycles. The van der Waals surface area contributed by atoms with Gasteiger partial charge < -0.3 is 4.90 Å². The summed E-state index contributed by atoms with van der Waals surface area (Å²) in [4.78, 5) is 32.6. The lowest BCUT2D eigenvalue weighted by atomic mass is 9.98. The summed E-state index contributed by atoms with van der Waals surface area (Å²) >= 11 is 1.09. The van der Waals surface area contributed by atoms with Crippen LogP contribution in [0.1, 0.15) is 33.1 Å². The summed E-state index contributed by atoms with van der Waals surface area (Å²) in [5.41, 5.74) is -0.106. The molecule has 3 aromatic rings. The van der Waals surface area contributed by atoms with E-state index in [1.54, 1.807) is 24.3 Å². The summed E-state index contributed by atoms with van der Waals surface area (Å²) in [6.45, 7) is 4.08. The van der Waals surface area contributed by atoms with Crippen molar-refractivity contribution in [1.82, 2.24) is 14.5 Å². The molecule has 0 aliphatic carbocycles. The number of likely N-dealkylation sites (tertiary alicyclic amines) is 1. The lowest BCUT2D eigenvalue weighted by molar-refractivity contribution is -0.134. The van der Waals surface area contributed by atoms with Crippen LogP contribution in [0, 0.1) is 11.6 Å². The first-order valence-corrected chi connectivity index (χ1v) is 11.3. The molecule has 0 N–H and O–H groups in total. The number of nitrogens with zero attached hydrogens (tertiary/aromatic N) is 3. The summed E-state index contributed by atoms with van der Waals surface area (Å²) in [6.07, 6.45) is 3.01. The fourth-order valence-corrected chi connectivity index (χ4v) is 5.07. The minimum Gasteiger partial charge on any atom is -0.337 e. The zero-order valence-corrected chi connectivity index (χ0v) is 18.2. The summed E-state index contributed by atoms with van der Waals surface area (Å²) in [5.74, 6) is -1.58. The highest BCUT2D eigenvalue weighted by Gasteiger charge is 2.29. The Balaban J connectivity index is 1.74. The van der Waals surface area contributed by atoms with E-state index in [9.17, 15) is 18.4 Å². The number of carbonyl (C=O) groups is 1. The monoisotopic (exact) mass is 443 g/mol. The number of hydrogen-bond donors (Lipinski definition) is 0. The smallest absolute Gasteiger partial charge is 0.266 e. The van der Waals surface area contributed by atoms with Crippen molar-refractivity contribution in [1.29, 1.82) is 0 Å². The number of rotatable bonds is 4. The number of thioether (sulfide) groups is 1. The molecule has 2 atom stereocenters. The molecule has 1 aliphatic rings. The molecule has 1 aromatic heterocycles. The first kappa shape index (κ1) is 21.5. The van der Waals surface area contributed by atoms with E-state index in [1.807, 2.05) is 18.7 Å². The molecule has 0 bridgehead atoms. The number of halogens is 2. The van der Waals surface area contributed by atoms with Crippen molar-refractivity contribution < 1.29 is 13.6 Å². The first-order chi connectivity index (χ1) is 14.9. The lowest BCUT2D eigenvalue weighted by Gasteiger charge is -2.39. The maximum absolute atomic E-state index is 14.6. The van der Waals surface area contributed by atoms with Gasteiger partial charge in [-0.05, 0) is 57.4 Å². The van der Waals surface area contributed by atoms with Crippen molar-refractivity contribution >= 4 is 28.6 Å². The number of aromatic nitrogens is 2. The van der Waals surface area contributed by atoms with E-state index in [4.69, 9.17) is 0 Å². The molecule has 0 spiro atoms. The van der Waals surface area contributed by atoms with Gasteiger partial charge in [-0.25, -0.2) is 13.8 Å². The SMILES string of the molecule is CC1CCCC(C)N1C(=O)CSc1nc2ccccc2c(=O)n1-c1ccc(F)cc1F. The molecule has 1 amide bonds. The molecule has 2 unspecified atom stereocenters. The summed E-state index contributed by atoms with van der Waals surface area (Å²) in [5, 5.41) is 0.514. The van der Waals surface area contributed by atoms with E-state index in [0.717, 1.165) is 47.7 Å². The van der Waals surface area contributed by atoms with Crippen LogP contribution in [0.3, 0.4) is 0 Å². The molecule has 4 rings (SSSR count). The highest BCUT2D eigenvalue weighted by molar-refractivity contribution is 7.99. The maximum atomic E-state index is 14.6. The van der Waals surface area contributed by atoms with Crippen molar-refractivity contribution in [3.05, 3.63) is 64.5 Å². The molecule has 0 radical (unpaired) electrons. The van der Waals surface area contributed by atoms with Crippen molar-refractivity contribution in [3.8, 4) is 5.69 Å². The minimum absolute atomic E-state index is 0.0433. The second-order valence-electron chi connectivity index (χ2n) is 7.87. The van der Waals surface area contributed by atoms with Gasteiger partial charge in [0.15, 0.2) is 5.16 Å². The summed E-state index contributed by atoms with van der Waals surface area (Å²) in [7, 11) is 0. The topological polar surface area (TPSA) is 55.2 Å². The number of para-hydroxylation sites is 1. The van der Waals surface area contributed by atoms with Gasteiger partial charge in [0.1, 0.15) is 11.6 Å². The van der Waals surface area contributed by atoms with Crippen molar-refractivity contribution in [2.75, 3.05) is 5.75 Å². The summed E-state index contributed by atoms with van der Waals surface area (Å²) in [6, 6.07) is 10.1. The van der Waals surface area contributed by atoms with Gasteiger partial charge >= 0.3 is 0 Å². The van der Waals surface area contributed by atoms with Crippen molar-refractivity contribution in [2.45, 2.75) is 50.4 Å². The van der Waals surface area contributed by atoms with E-state index in [1.165, 1.54) is 6.07 Å². The van der Waals surface area contributed by atoms with Crippen LogP contribution in [0.15, 0.2) is 52.4 Å². The molecular formula is C23H23F2N3O2S. The molecule has 2 heterocycles. The number of benzene rings is 2. The third-order valence-corrected chi connectivity index (χ3v) is 6.63. The largest absolute Gasteiger partial charge is 0.337 e. The minimum atomic E-state index is -0.870. The van der Waals surface area contributed by atoms with E-state index < -0.39 is 17.2 Å². The highest BCUT2D eigenvalue weighted by atomic mass is 32.2. The third kappa shape index (κ3) is 4.21. The molecule has 1 saturated heterocycles. The van der Waals surface area contributed by atoms with Crippen LogP contribution in [-0.2, 0) is 4.79 Å². The third-order valence-electron chi connectivity index (χ3n) is 5.70. The number of amides is 1. The van der Waals surface area contributed by atoms with Crippen LogP contribution in [-0.4, -0.2) is 38.2 Å². The molecule has 31 heavy (non-hydrogen) atoms. The van der Waals surface area contributed by atoms with Gasteiger partial charge in [0.25, 0.3) is 5.56 Å². The Morgan fingerprint density at radius 2 is 1.84 bits per heavy atom. The Kier molecular flexibility index (Phi) is 6.09. The molecular weight excluding hydrogens is 420 g/mol. The predicted octanol–water partition coefficient (Wildman–Crippen LogP) is 4.55. The molecule has 1 fully saturated rings. The quantitative estimate of drug-likeness (QED) is 0.439. The van der Waals surface area contributed by atoms with Gasteiger partial charge in [-0.3, -0.25) is 14.2 Å². The zero-order chi connectivity index (χ0) is 22.1. The van der Waals surface area contributed by atoms with E-state index >= 15 is 0 Å². The van der Waals surface area contributed by atoms with Gasteiger partial charge in [-0.2, -0.15) is 0 Å². The van der Waals surface area contributed by atoms with Gasteiger partial charge in [0.2, 0.25) is 5.91 Å². The van der Waals surface area contributed by atoms with Gasteiger partial charge in [0, 0.05) is 18.2 Å². The molecule has 8 heteroatoms. The van der Waals surface area contributed by atoms with Crippen LogP contribution in [0.25, 0.3) is 16.6 Å². The van der Waals surface area contributed by atoms with Crippen molar-refractivity contribution in [3.63, 3.8) is 0 Å². The Morgan fingerprint density at radius 3 is 2.55 bits per heavy atom. The number of hydrogen-bond acceptors (Lipinski definition) is 4. The van der Waals surface area contributed by atoms with Crippen LogP contribution < -0.4 is 5.56 Å². The van der Waals surface area contributed by atoms with Crippen molar-refractivity contribution in [2.24, 2.45) is 0 Å². The Morgan fingerprint density at radius 1 is 1.13 bits per heavy atom. The number of fused-ring (bicyclic) bond motifs is 1. The second kappa shape index (κ2) is 8.78. The highest BCUT2D eigenvalue weighted by Crippen LogP contribution is 2.27. The van der Waals surface area contributed by atoms with Gasteiger partial charge in [-0.15, -0.1) is 0 Å². The standard InChI is InChI=1S/C23H23F2N3O2S/c1-14-6-5-7-15(2)27(14)21(29)13-31-23-26-19-9-4-3-8-17(19)22(30)28(23)20-11-10-16(24)12-18(20)25/h3-4,8-12,14-15H,5-7,13H2,1-2H3. The normalized spacial score (nSPS) is 19.0. The number of piperidine rings is 1. The van der Waals surface area contributed by atoms with E-state index in [0.29, 0.717) is 10.9 Å². The van der Waals surface area contributed by atoms with E-state index in [-0.39, 0.29) is 34.6 Å². The van der Waals surface area contributed by atoms with Crippen LogP contribution >= 0.6 is 11.8 Å². The van der Waals surface area contributed by atoms with Gasteiger partial charge in [0.05, 0.1) is 22.3 Å². The number of carbonyl (C=O) groups excluding carboxylic acids is 1. The van der Waals surface area contributed by atoms with Gasteiger partial charge in [-0.1, -0.05) is 23.9 Å². The van der Waals surface area contributed by atoms with Crippen LogP contribution in [0.5, 0.6) is 0 Å². The lowest BCUT2D eigenvalue weighted by Crippen LogP contribution is -2.48. The average Bonchev–Trinajstić information content (AvgIpc) is 2.73. The van der Waals surface area contributed by atoms with Crippen LogP contribution in [0.4, 0.5) is 8.78 Å². The first-order valence-electron chi connectivity index (χ1n) is 10.3. The average molecular weight is 444 g/mol. The zero-order valence-electron chi connectivity index (χ0n) is 17.3. The Bertz CT molecular complexity index is 1190. The fourth-order valence-electron chi connectivity index (χ4n) is 4.20. The molecule has 162 valence electrons. The Hall–Kier alpha value is -2.74. The second-order valence-corrected chi connectivity index (χ2v) is 8.81. The maximum Gasteiger partial charge on any atom is 0.266 e. The van der Waals surface area contributed by atoms with Crippen LogP contribution in [0.2, 0.25) is 0 Å². The van der Waals surface area contributed by atoms with E-state index in [2.05, 4.69) is 4.98 Å². The fraction of sp³-hybridized carbons (Fsp3) is 0.348. The summed E-state index contributed by atoms with van der Waals surface area (Å²) < 4.78 is 29.2. The predicted molar refractivity (Wildman–Crippen MR) is 118 cm³/mol. The molecule has 5 nitrogen and oxygen atoms in total. The molecule has 1 aliphatic heterocycles. The molecule has 2 aromatic carbocycles. The Labute approximate surface area is 183 Å².